The van der Waals surface area contributed by atoms with Crippen LogP contribution >= 0.6 is 0 Å². The molecule has 20 heavy (non-hydrogen) atoms. The van der Waals surface area contributed by atoms with Gasteiger partial charge in [-0.3, -0.25) is 5.10 Å². The van der Waals surface area contributed by atoms with E-state index in [1.807, 2.05) is 0 Å². The van der Waals surface area contributed by atoms with Gasteiger partial charge in [-0.15, -0.1) is 0 Å². The molecule has 0 amide bonds. The molecule has 6 nitrogen and oxygen atoms in total. The van der Waals surface area contributed by atoms with Crippen LogP contribution in [0.2, 0.25) is 0 Å². The van der Waals surface area contributed by atoms with E-state index in [9.17, 15) is 8.42 Å². The van der Waals surface area contributed by atoms with Crippen LogP contribution in [0, 0.1) is 11.8 Å². The first-order chi connectivity index (χ1) is 9.50. The van der Waals surface area contributed by atoms with Crippen molar-refractivity contribution in [2.45, 2.75) is 31.7 Å². The van der Waals surface area contributed by atoms with Gasteiger partial charge in [0.2, 0.25) is 0 Å². The molecule has 1 aromatic heterocycles. The highest BCUT2D eigenvalue weighted by molar-refractivity contribution is 7.89. The largest absolute Gasteiger partial charge is 0.316 e. The SMILES string of the molecule is CC(C)CNCC1CCN(S(=O)(=O)c2ccn[nH]2)CC1. The molecular formula is C13H24N4O2S. The van der Waals surface area contributed by atoms with Crippen molar-refractivity contribution >= 4 is 10.0 Å². The highest BCUT2D eigenvalue weighted by atomic mass is 32.2. The molecule has 1 fully saturated rings. The summed E-state index contributed by atoms with van der Waals surface area (Å²) in [6, 6.07) is 1.51. The van der Waals surface area contributed by atoms with Crippen molar-refractivity contribution in [1.82, 2.24) is 19.8 Å². The highest BCUT2D eigenvalue weighted by Gasteiger charge is 2.29. The normalized spacial score (nSPS) is 18.8. The van der Waals surface area contributed by atoms with Gasteiger partial charge in [-0.1, -0.05) is 13.8 Å². The summed E-state index contributed by atoms with van der Waals surface area (Å²) in [4.78, 5) is 0. The van der Waals surface area contributed by atoms with E-state index in [0.717, 1.165) is 25.9 Å². The number of nitrogens with zero attached hydrogens (tertiary/aromatic N) is 2. The summed E-state index contributed by atoms with van der Waals surface area (Å²) in [5.41, 5.74) is 0. The number of aromatic amines is 1. The summed E-state index contributed by atoms with van der Waals surface area (Å²) < 4.78 is 26.1. The molecule has 0 atom stereocenters. The van der Waals surface area contributed by atoms with Crippen LogP contribution in [-0.4, -0.2) is 49.1 Å². The molecule has 2 rings (SSSR count). The Labute approximate surface area is 121 Å². The first kappa shape index (κ1) is 15.5. The van der Waals surface area contributed by atoms with E-state index in [2.05, 4.69) is 29.4 Å². The third kappa shape index (κ3) is 3.80. The van der Waals surface area contributed by atoms with Crippen LogP contribution in [-0.2, 0) is 10.0 Å². The Morgan fingerprint density at radius 1 is 1.45 bits per heavy atom. The lowest BCUT2D eigenvalue weighted by atomic mass is 9.98. The summed E-state index contributed by atoms with van der Waals surface area (Å²) in [5.74, 6) is 1.22. The Bertz CT molecular complexity index is 490. The van der Waals surface area contributed by atoms with E-state index in [0.29, 0.717) is 24.9 Å². The standard InChI is InChI=1S/C13H24N4O2S/c1-11(2)9-14-10-12-4-7-17(8-5-12)20(18,19)13-3-6-15-16-13/h3,6,11-12,14H,4-5,7-10H2,1-2H3,(H,15,16). The zero-order valence-corrected chi connectivity index (χ0v) is 13.0. The van der Waals surface area contributed by atoms with E-state index >= 15 is 0 Å². The number of sulfonamides is 1. The van der Waals surface area contributed by atoms with Crippen LogP contribution in [0.3, 0.4) is 0 Å². The first-order valence-corrected chi connectivity index (χ1v) is 8.64. The van der Waals surface area contributed by atoms with Crippen molar-refractivity contribution in [2.75, 3.05) is 26.2 Å². The number of H-pyrrole nitrogens is 1. The molecular weight excluding hydrogens is 276 g/mol. The van der Waals surface area contributed by atoms with Crippen molar-refractivity contribution in [3.8, 4) is 0 Å². The lowest BCUT2D eigenvalue weighted by Crippen LogP contribution is -2.41. The zero-order valence-electron chi connectivity index (χ0n) is 12.2. The molecule has 7 heteroatoms. The van der Waals surface area contributed by atoms with Gasteiger partial charge in [0.15, 0.2) is 5.03 Å². The molecule has 1 aliphatic rings. The van der Waals surface area contributed by atoms with Gasteiger partial charge in [-0.2, -0.15) is 9.40 Å². The van der Waals surface area contributed by atoms with Gasteiger partial charge in [0.05, 0.1) is 6.20 Å². The molecule has 114 valence electrons. The number of hydrogen-bond donors (Lipinski definition) is 2. The summed E-state index contributed by atoms with van der Waals surface area (Å²) in [6.07, 6.45) is 3.30. The number of rotatable bonds is 6. The zero-order chi connectivity index (χ0) is 14.6. The Morgan fingerprint density at radius 3 is 2.70 bits per heavy atom. The molecule has 0 radical (unpaired) electrons. The van der Waals surface area contributed by atoms with Crippen molar-refractivity contribution < 1.29 is 8.42 Å². The summed E-state index contributed by atoms with van der Waals surface area (Å²) in [7, 11) is -3.38. The lowest BCUT2D eigenvalue weighted by Gasteiger charge is -2.31. The highest BCUT2D eigenvalue weighted by Crippen LogP contribution is 2.22. The molecule has 0 bridgehead atoms. The van der Waals surface area contributed by atoms with Crippen LogP contribution in [0.1, 0.15) is 26.7 Å². The van der Waals surface area contributed by atoms with Crippen molar-refractivity contribution in [1.29, 1.82) is 0 Å². The Hall–Kier alpha value is -0.920. The second-order valence-corrected chi connectivity index (χ2v) is 7.73. The fourth-order valence-electron chi connectivity index (χ4n) is 2.46. The number of hydrogen-bond acceptors (Lipinski definition) is 4. The molecule has 1 saturated heterocycles. The van der Waals surface area contributed by atoms with E-state index in [1.165, 1.54) is 12.3 Å². The predicted molar refractivity (Wildman–Crippen MR) is 77.8 cm³/mol. The molecule has 0 unspecified atom stereocenters. The van der Waals surface area contributed by atoms with Gasteiger partial charge in [0.1, 0.15) is 0 Å². The lowest BCUT2D eigenvalue weighted by molar-refractivity contribution is 0.265. The fraction of sp³-hybridized carbons (Fsp3) is 0.769. The van der Waals surface area contributed by atoms with Gasteiger partial charge in [0, 0.05) is 13.1 Å². The second-order valence-electron chi connectivity index (χ2n) is 5.82. The van der Waals surface area contributed by atoms with Gasteiger partial charge in [-0.05, 0) is 43.8 Å². The average Bonchev–Trinajstić information content (AvgIpc) is 2.93. The molecule has 0 aromatic carbocycles. The monoisotopic (exact) mass is 300 g/mol. The minimum atomic E-state index is -3.38. The Morgan fingerprint density at radius 2 is 2.15 bits per heavy atom. The summed E-state index contributed by atoms with van der Waals surface area (Å²) >= 11 is 0. The van der Waals surface area contributed by atoms with E-state index in [1.54, 1.807) is 4.31 Å². The van der Waals surface area contributed by atoms with Crippen LogP contribution in [0.15, 0.2) is 17.3 Å². The molecule has 2 N–H and O–H groups in total. The molecule has 1 aromatic rings. The van der Waals surface area contributed by atoms with Crippen molar-refractivity contribution in [3.05, 3.63) is 12.3 Å². The third-order valence-electron chi connectivity index (χ3n) is 3.65. The predicted octanol–water partition coefficient (Wildman–Crippen LogP) is 1.06. The van der Waals surface area contributed by atoms with Crippen molar-refractivity contribution in [2.24, 2.45) is 11.8 Å². The third-order valence-corrected chi connectivity index (χ3v) is 5.48. The van der Waals surface area contributed by atoms with Crippen LogP contribution in [0.4, 0.5) is 0 Å². The van der Waals surface area contributed by atoms with E-state index < -0.39 is 10.0 Å². The fourth-order valence-corrected chi connectivity index (χ4v) is 3.83. The number of aromatic nitrogens is 2. The summed E-state index contributed by atoms with van der Waals surface area (Å²) in [6.45, 7) is 7.56. The smallest absolute Gasteiger partial charge is 0.259 e. The van der Waals surface area contributed by atoms with Crippen LogP contribution < -0.4 is 5.32 Å². The Balaban J connectivity index is 1.82. The van der Waals surface area contributed by atoms with Crippen LogP contribution in [0.25, 0.3) is 0 Å². The molecule has 2 heterocycles. The molecule has 0 saturated carbocycles. The Kier molecular flexibility index (Phi) is 5.17. The second kappa shape index (κ2) is 6.69. The average molecular weight is 300 g/mol. The quantitative estimate of drug-likeness (QED) is 0.823. The van der Waals surface area contributed by atoms with Gasteiger partial charge >= 0.3 is 0 Å². The minimum absolute atomic E-state index is 0.189. The molecule has 0 spiro atoms. The van der Waals surface area contributed by atoms with E-state index in [-0.39, 0.29) is 5.03 Å². The molecule has 1 aliphatic heterocycles. The maximum atomic E-state index is 12.3. The number of nitrogens with one attached hydrogen (secondary N) is 2. The van der Waals surface area contributed by atoms with Crippen molar-refractivity contribution in [3.63, 3.8) is 0 Å². The van der Waals surface area contributed by atoms with Gasteiger partial charge in [-0.25, -0.2) is 8.42 Å². The van der Waals surface area contributed by atoms with E-state index in [4.69, 9.17) is 0 Å². The first-order valence-electron chi connectivity index (χ1n) is 7.20. The molecule has 0 aliphatic carbocycles. The summed E-state index contributed by atoms with van der Waals surface area (Å²) in [5, 5.41) is 9.90. The minimum Gasteiger partial charge on any atom is -0.316 e. The van der Waals surface area contributed by atoms with Crippen LogP contribution in [0.5, 0.6) is 0 Å². The maximum absolute atomic E-state index is 12.3. The topological polar surface area (TPSA) is 78.1 Å². The van der Waals surface area contributed by atoms with Gasteiger partial charge in [0.25, 0.3) is 10.0 Å². The maximum Gasteiger partial charge on any atom is 0.259 e. The van der Waals surface area contributed by atoms with Gasteiger partial charge < -0.3 is 5.32 Å². The number of piperidine rings is 1.